The van der Waals surface area contributed by atoms with E-state index in [4.69, 9.17) is 0 Å². The van der Waals surface area contributed by atoms with Crippen molar-refractivity contribution in [2.24, 2.45) is 0 Å². The molecule has 2 aromatic carbocycles. The lowest BCUT2D eigenvalue weighted by Gasteiger charge is -2.36. The standard InChI is InChI=1S/C28H31N3O5S2/c1-28(2,3)21-13-11-20(12-14-21)26(33)30-15-17-31(18-16-30)27(34)25(29-24(32)23-10-7-19-37-23)38(35,36)22-8-5-4-6-9-22/h4-14,19,25H,15-18H2,1-3H3,(H,29,32)/t25-/m0/s1. The van der Waals surface area contributed by atoms with E-state index in [1.165, 1.54) is 17.0 Å². The van der Waals surface area contributed by atoms with E-state index in [0.29, 0.717) is 10.4 Å². The number of hydrogen-bond acceptors (Lipinski definition) is 6. The molecule has 10 heteroatoms. The minimum atomic E-state index is -4.22. The van der Waals surface area contributed by atoms with Gasteiger partial charge in [0.1, 0.15) is 0 Å². The van der Waals surface area contributed by atoms with E-state index in [-0.39, 0.29) is 42.4 Å². The fourth-order valence-corrected chi connectivity index (χ4v) is 6.32. The SMILES string of the molecule is CC(C)(C)c1ccc(C(=O)N2CCN(C(=O)[C@@H](NC(=O)c3cccs3)S(=O)(=O)c3ccccc3)CC2)cc1. The van der Waals surface area contributed by atoms with Crippen molar-refractivity contribution in [3.8, 4) is 0 Å². The van der Waals surface area contributed by atoms with Gasteiger partial charge >= 0.3 is 0 Å². The first-order valence-electron chi connectivity index (χ1n) is 12.3. The minimum Gasteiger partial charge on any atom is -0.336 e. The summed E-state index contributed by atoms with van der Waals surface area (Å²) in [4.78, 5) is 42.7. The number of carbonyl (C=O) groups is 3. The van der Waals surface area contributed by atoms with Gasteiger partial charge in [0.2, 0.25) is 15.2 Å². The predicted octanol–water partition coefficient (Wildman–Crippen LogP) is 3.56. The smallest absolute Gasteiger partial charge is 0.262 e. The zero-order valence-corrected chi connectivity index (χ0v) is 23.2. The summed E-state index contributed by atoms with van der Waals surface area (Å²) in [5, 5.41) is 2.36. The van der Waals surface area contributed by atoms with E-state index >= 15 is 0 Å². The summed E-state index contributed by atoms with van der Waals surface area (Å²) >= 11 is 1.15. The molecule has 1 aliphatic heterocycles. The Morgan fingerprint density at radius 1 is 0.842 bits per heavy atom. The molecule has 1 aliphatic rings. The molecule has 200 valence electrons. The molecule has 0 unspecified atom stereocenters. The van der Waals surface area contributed by atoms with E-state index in [1.807, 2.05) is 24.3 Å². The molecular formula is C28H31N3O5S2. The molecule has 8 nitrogen and oxygen atoms in total. The number of sulfone groups is 1. The number of amides is 3. The third kappa shape index (κ3) is 5.97. The number of carbonyl (C=O) groups excluding carboxylic acids is 3. The van der Waals surface area contributed by atoms with Gasteiger partial charge < -0.3 is 15.1 Å². The molecule has 1 aromatic heterocycles. The van der Waals surface area contributed by atoms with Crippen LogP contribution in [0.1, 0.15) is 46.4 Å². The molecule has 0 radical (unpaired) electrons. The Labute approximate surface area is 227 Å². The van der Waals surface area contributed by atoms with Gasteiger partial charge in [-0.2, -0.15) is 0 Å². The number of nitrogens with zero attached hydrogens (tertiary/aromatic N) is 2. The lowest BCUT2D eigenvalue weighted by atomic mass is 9.86. The van der Waals surface area contributed by atoms with Crippen molar-refractivity contribution in [3.05, 3.63) is 88.1 Å². The van der Waals surface area contributed by atoms with Gasteiger partial charge in [-0.05, 0) is 46.7 Å². The average molecular weight is 554 g/mol. The van der Waals surface area contributed by atoms with Crippen molar-refractivity contribution in [2.75, 3.05) is 26.2 Å². The monoisotopic (exact) mass is 553 g/mol. The molecule has 2 heterocycles. The van der Waals surface area contributed by atoms with Gasteiger partial charge in [0, 0.05) is 31.7 Å². The topological polar surface area (TPSA) is 104 Å². The molecule has 0 aliphatic carbocycles. The minimum absolute atomic E-state index is 0.0247. The third-order valence-electron chi connectivity index (χ3n) is 6.49. The van der Waals surface area contributed by atoms with Crippen LogP contribution >= 0.6 is 11.3 Å². The maximum absolute atomic E-state index is 13.5. The number of piperazine rings is 1. The van der Waals surface area contributed by atoms with Crippen LogP contribution in [0.15, 0.2) is 77.0 Å². The molecule has 0 spiro atoms. The fourth-order valence-electron chi connectivity index (χ4n) is 4.21. The van der Waals surface area contributed by atoms with Crippen molar-refractivity contribution >= 4 is 38.9 Å². The van der Waals surface area contributed by atoms with Crippen molar-refractivity contribution in [1.82, 2.24) is 15.1 Å². The van der Waals surface area contributed by atoms with Crippen LogP contribution < -0.4 is 5.32 Å². The summed E-state index contributed by atoms with van der Waals surface area (Å²) in [7, 11) is -4.22. The predicted molar refractivity (Wildman–Crippen MR) is 147 cm³/mol. The summed E-state index contributed by atoms with van der Waals surface area (Å²) in [6.07, 6.45) is 0. The van der Waals surface area contributed by atoms with Crippen LogP contribution in [0.5, 0.6) is 0 Å². The van der Waals surface area contributed by atoms with E-state index in [9.17, 15) is 22.8 Å². The molecule has 1 fully saturated rings. The van der Waals surface area contributed by atoms with Crippen LogP contribution in [-0.2, 0) is 20.0 Å². The molecule has 38 heavy (non-hydrogen) atoms. The van der Waals surface area contributed by atoms with Crippen molar-refractivity contribution in [3.63, 3.8) is 0 Å². The zero-order chi connectivity index (χ0) is 27.5. The van der Waals surface area contributed by atoms with Crippen LogP contribution in [0.3, 0.4) is 0 Å². The van der Waals surface area contributed by atoms with Gasteiger partial charge in [0.05, 0.1) is 9.77 Å². The lowest BCUT2D eigenvalue weighted by Crippen LogP contribution is -2.57. The van der Waals surface area contributed by atoms with Crippen LogP contribution in [-0.4, -0.2) is 67.5 Å². The van der Waals surface area contributed by atoms with Crippen molar-refractivity contribution in [1.29, 1.82) is 0 Å². The van der Waals surface area contributed by atoms with Gasteiger partial charge in [-0.3, -0.25) is 14.4 Å². The number of rotatable bonds is 6. The molecular weight excluding hydrogens is 522 g/mol. The zero-order valence-electron chi connectivity index (χ0n) is 21.6. The summed E-state index contributed by atoms with van der Waals surface area (Å²) in [6.45, 7) is 7.13. The second kappa shape index (κ2) is 11.1. The van der Waals surface area contributed by atoms with E-state index in [2.05, 4.69) is 26.1 Å². The van der Waals surface area contributed by atoms with Crippen LogP contribution in [0.2, 0.25) is 0 Å². The molecule has 1 atom stereocenters. The molecule has 0 saturated carbocycles. The first kappa shape index (κ1) is 27.5. The van der Waals surface area contributed by atoms with Gasteiger partial charge in [-0.25, -0.2) is 8.42 Å². The Hall–Kier alpha value is -3.50. The highest BCUT2D eigenvalue weighted by Gasteiger charge is 2.39. The van der Waals surface area contributed by atoms with Crippen LogP contribution in [0.25, 0.3) is 0 Å². The Kier molecular flexibility index (Phi) is 8.03. The first-order valence-corrected chi connectivity index (χ1v) is 14.7. The highest BCUT2D eigenvalue weighted by atomic mass is 32.2. The van der Waals surface area contributed by atoms with Crippen molar-refractivity contribution < 1.29 is 22.8 Å². The van der Waals surface area contributed by atoms with E-state index in [1.54, 1.807) is 40.6 Å². The highest BCUT2D eigenvalue weighted by molar-refractivity contribution is 7.92. The molecule has 0 bridgehead atoms. The number of thiophene rings is 1. The number of benzene rings is 2. The maximum Gasteiger partial charge on any atom is 0.262 e. The average Bonchev–Trinajstić information content (AvgIpc) is 3.46. The number of nitrogens with one attached hydrogen (secondary N) is 1. The first-order chi connectivity index (χ1) is 18.0. The third-order valence-corrected chi connectivity index (χ3v) is 9.23. The highest BCUT2D eigenvalue weighted by Crippen LogP contribution is 2.23. The Morgan fingerprint density at radius 2 is 1.45 bits per heavy atom. The van der Waals surface area contributed by atoms with Crippen LogP contribution in [0, 0.1) is 0 Å². The van der Waals surface area contributed by atoms with Crippen LogP contribution in [0.4, 0.5) is 0 Å². The van der Waals surface area contributed by atoms with E-state index < -0.39 is 27.0 Å². The largest absolute Gasteiger partial charge is 0.336 e. The Bertz CT molecular complexity index is 1390. The molecule has 4 rings (SSSR count). The summed E-state index contributed by atoms with van der Waals surface area (Å²) in [6, 6.07) is 18.3. The number of hydrogen-bond donors (Lipinski definition) is 1. The quantitative estimate of drug-likeness (QED) is 0.503. The second-order valence-corrected chi connectivity index (χ2v) is 13.1. The Morgan fingerprint density at radius 3 is 2.00 bits per heavy atom. The summed E-state index contributed by atoms with van der Waals surface area (Å²) in [5.74, 6) is -1.50. The maximum atomic E-state index is 13.5. The van der Waals surface area contributed by atoms with Gasteiger partial charge in [-0.15, -0.1) is 11.3 Å². The molecule has 1 saturated heterocycles. The van der Waals surface area contributed by atoms with E-state index in [0.717, 1.165) is 16.9 Å². The van der Waals surface area contributed by atoms with Crippen molar-refractivity contribution in [2.45, 2.75) is 36.5 Å². The summed E-state index contributed by atoms with van der Waals surface area (Å²) < 4.78 is 26.9. The van der Waals surface area contributed by atoms with Gasteiger partial charge in [0.25, 0.3) is 17.7 Å². The molecule has 1 N–H and O–H groups in total. The molecule has 3 aromatic rings. The van der Waals surface area contributed by atoms with Gasteiger partial charge in [0.15, 0.2) is 0 Å². The second-order valence-electron chi connectivity index (χ2n) is 10.1. The molecule has 3 amide bonds. The lowest BCUT2D eigenvalue weighted by molar-refractivity contribution is -0.132. The Balaban J connectivity index is 1.49. The van der Waals surface area contributed by atoms with Gasteiger partial charge in [-0.1, -0.05) is 57.2 Å². The normalized spacial score (nSPS) is 15.1. The fraction of sp³-hybridized carbons (Fsp3) is 0.321. The summed E-state index contributed by atoms with van der Waals surface area (Å²) in [5.41, 5.74) is 1.66.